The summed E-state index contributed by atoms with van der Waals surface area (Å²) in [5.41, 5.74) is 1.28. The van der Waals surface area contributed by atoms with Crippen LogP contribution in [0.4, 0.5) is 0 Å². The molecule has 0 aromatic heterocycles. The summed E-state index contributed by atoms with van der Waals surface area (Å²) < 4.78 is 11.2. The van der Waals surface area contributed by atoms with E-state index in [-0.39, 0.29) is 30.1 Å². The normalized spacial score (nSPS) is 23.1. The van der Waals surface area contributed by atoms with Gasteiger partial charge in [0.25, 0.3) is 0 Å². The molecule has 3 rings (SSSR count). The second kappa shape index (κ2) is 10.9. The fraction of sp³-hybridized carbons (Fsp3) is 0.632. The van der Waals surface area contributed by atoms with E-state index < -0.39 is 0 Å². The molecule has 2 atom stereocenters. The number of hydrogen-bond acceptors (Lipinski definition) is 4. The average molecular weight is 474 g/mol. The van der Waals surface area contributed by atoms with Gasteiger partial charge < -0.3 is 20.1 Å². The van der Waals surface area contributed by atoms with Crippen LogP contribution in [0.2, 0.25) is 0 Å². The Balaban J connectivity index is 0.00000243. The average Bonchev–Trinajstić information content (AvgIpc) is 3.12. The minimum absolute atomic E-state index is 0. The Morgan fingerprint density at radius 1 is 1.31 bits per heavy atom. The predicted octanol–water partition coefficient (Wildman–Crippen LogP) is 1.88. The minimum Gasteiger partial charge on any atom is -0.497 e. The van der Waals surface area contributed by atoms with Crippen molar-refractivity contribution in [2.24, 2.45) is 4.99 Å². The van der Waals surface area contributed by atoms with Gasteiger partial charge in [0.2, 0.25) is 0 Å². The lowest BCUT2D eigenvalue weighted by atomic mass is 10.1. The van der Waals surface area contributed by atoms with Crippen LogP contribution < -0.4 is 15.4 Å². The third kappa shape index (κ3) is 5.99. The first-order valence-electron chi connectivity index (χ1n) is 9.21. The second-order valence-electron chi connectivity index (χ2n) is 6.72. The number of hydrogen-bond donors (Lipinski definition) is 2. The van der Waals surface area contributed by atoms with E-state index in [1.807, 2.05) is 12.1 Å². The molecule has 2 N–H and O–H groups in total. The molecular formula is C19H31IN4O2. The van der Waals surface area contributed by atoms with Gasteiger partial charge in [0.05, 0.1) is 19.8 Å². The first-order chi connectivity index (χ1) is 12.3. The van der Waals surface area contributed by atoms with E-state index in [4.69, 9.17) is 9.47 Å². The van der Waals surface area contributed by atoms with Crippen molar-refractivity contribution in [1.29, 1.82) is 0 Å². The summed E-state index contributed by atoms with van der Waals surface area (Å²) in [6.07, 6.45) is 3.78. The SMILES string of the molecule is CN=C(NCCc1ccc(OC)cc1)NCC1CN2CCCC2CO1.I. The Morgan fingerprint density at radius 2 is 2.12 bits per heavy atom. The van der Waals surface area contributed by atoms with E-state index in [1.165, 1.54) is 24.9 Å². The standard InChI is InChI=1S/C19H30N4O2.HI/c1-20-19(21-10-9-15-5-7-17(24-2)8-6-15)22-12-18-13-23-11-3-4-16(23)14-25-18;/h5-8,16,18H,3-4,9-14H2,1-2H3,(H2,20,21,22);1H. The Kier molecular flexibility index (Phi) is 8.94. The number of halogens is 1. The summed E-state index contributed by atoms with van der Waals surface area (Å²) >= 11 is 0. The second-order valence-corrected chi connectivity index (χ2v) is 6.72. The van der Waals surface area contributed by atoms with Crippen LogP contribution >= 0.6 is 24.0 Å². The largest absolute Gasteiger partial charge is 0.497 e. The Morgan fingerprint density at radius 3 is 2.85 bits per heavy atom. The van der Waals surface area contributed by atoms with Crippen molar-refractivity contribution in [3.63, 3.8) is 0 Å². The van der Waals surface area contributed by atoms with Crippen LogP contribution in [0, 0.1) is 0 Å². The maximum absolute atomic E-state index is 5.98. The number of guanidine groups is 1. The molecule has 0 aliphatic carbocycles. The summed E-state index contributed by atoms with van der Waals surface area (Å²) in [7, 11) is 3.49. The summed E-state index contributed by atoms with van der Waals surface area (Å²) in [4.78, 5) is 6.87. The molecule has 1 aromatic carbocycles. The Labute approximate surface area is 173 Å². The summed E-state index contributed by atoms with van der Waals surface area (Å²) in [6, 6.07) is 8.83. The lowest BCUT2D eigenvalue weighted by molar-refractivity contribution is -0.0453. The zero-order chi connectivity index (χ0) is 17.5. The number of nitrogens with one attached hydrogen (secondary N) is 2. The van der Waals surface area contributed by atoms with Gasteiger partial charge in [0.15, 0.2) is 5.96 Å². The van der Waals surface area contributed by atoms with Crippen molar-refractivity contribution in [1.82, 2.24) is 15.5 Å². The highest BCUT2D eigenvalue weighted by Crippen LogP contribution is 2.22. The Bertz CT molecular complexity index is 567. The van der Waals surface area contributed by atoms with Gasteiger partial charge in [0, 0.05) is 32.7 Å². The Hall–Kier alpha value is -1.06. The lowest BCUT2D eigenvalue weighted by Gasteiger charge is -2.35. The van der Waals surface area contributed by atoms with E-state index in [0.717, 1.165) is 44.4 Å². The topological polar surface area (TPSA) is 58.1 Å². The monoisotopic (exact) mass is 474 g/mol. The molecule has 0 spiro atoms. The van der Waals surface area contributed by atoms with Gasteiger partial charge in [-0.3, -0.25) is 9.89 Å². The number of benzene rings is 1. The van der Waals surface area contributed by atoms with Crippen LogP contribution in [0.5, 0.6) is 5.75 Å². The maximum atomic E-state index is 5.98. The lowest BCUT2D eigenvalue weighted by Crippen LogP contribution is -2.51. The summed E-state index contributed by atoms with van der Waals surface area (Å²) in [5, 5.41) is 6.76. The van der Waals surface area contributed by atoms with Crippen molar-refractivity contribution in [2.75, 3.05) is 46.9 Å². The predicted molar refractivity (Wildman–Crippen MR) is 116 cm³/mol. The third-order valence-electron chi connectivity index (χ3n) is 5.05. The molecule has 2 unspecified atom stereocenters. The zero-order valence-electron chi connectivity index (χ0n) is 15.7. The summed E-state index contributed by atoms with van der Waals surface area (Å²) in [5.74, 6) is 1.72. The highest BCUT2D eigenvalue weighted by molar-refractivity contribution is 14.0. The van der Waals surface area contributed by atoms with E-state index >= 15 is 0 Å². The van der Waals surface area contributed by atoms with Crippen LogP contribution in [0.3, 0.4) is 0 Å². The third-order valence-corrected chi connectivity index (χ3v) is 5.05. The fourth-order valence-electron chi connectivity index (χ4n) is 3.56. The number of methoxy groups -OCH3 is 1. The molecule has 0 radical (unpaired) electrons. The number of morpholine rings is 1. The molecule has 2 heterocycles. The number of rotatable bonds is 6. The molecule has 1 aromatic rings. The number of nitrogens with zero attached hydrogens (tertiary/aromatic N) is 2. The van der Waals surface area contributed by atoms with E-state index in [1.54, 1.807) is 14.2 Å². The van der Waals surface area contributed by atoms with E-state index in [2.05, 4.69) is 32.7 Å². The first kappa shape index (κ1) is 21.2. The maximum Gasteiger partial charge on any atom is 0.191 e. The zero-order valence-corrected chi connectivity index (χ0v) is 18.1. The van der Waals surface area contributed by atoms with Gasteiger partial charge in [-0.05, 0) is 43.5 Å². The minimum atomic E-state index is 0. The molecule has 26 heavy (non-hydrogen) atoms. The highest BCUT2D eigenvalue weighted by Gasteiger charge is 2.32. The number of aliphatic imine (C=N–C) groups is 1. The van der Waals surface area contributed by atoms with Crippen molar-refractivity contribution in [3.05, 3.63) is 29.8 Å². The van der Waals surface area contributed by atoms with Crippen LogP contribution in [0.15, 0.2) is 29.3 Å². The van der Waals surface area contributed by atoms with Gasteiger partial charge in [-0.1, -0.05) is 12.1 Å². The molecule has 2 fully saturated rings. The fourth-order valence-corrected chi connectivity index (χ4v) is 3.56. The van der Waals surface area contributed by atoms with Gasteiger partial charge in [-0.2, -0.15) is 0 Å². The molecule has 2 aliphatic rings. The van der Waals surface area contributed by atoms with Crippen molar-refractivity contribution in [3.8, 4) is 5.75 Å². The van der Waals surface area contributed by atoms with Gasteiger partial charge in [0.1, 0.15) is 5.75 Å². The van der Waals surface area contributed by atoms with Crippen molar-refractivity contribution in [2.45, 2.75) is 31.4 Å². The molecule has 6 nitrogen and oxygen atoms in total. The molecule has 2 saturated heterocycles. The molecule has 0 saturated carbocycles. The smallest absolute Gasteiger partial charge is 0.191 e. The molecular weight excluding hydrogens is 443 g/mol. The number of ether oxygens (including phenoxy) is 2. The van der Waals surface area contributed by atoms with E-state index in [9.17, 15) is 0 Å². The van der Waals surface area contributed by atoms with Gasteiger partial charge in [-0.25, -0.2) is 0 Å². The van der Waals surface area contributed by atoms with Crippen LogP contribution in [0.25, 0.3) is 0 Å². The van der Waals surface area contributed by atoms with Crippen LogP contribution in [-0.2, 0) is 11.2 Å². The molecule has 0 amide bonds. The molecule has 2 aliphatic heterocycles. The van der Waals surface area contributed by atoms with Crippen LogP contribution in [-0.4, -0.2) is 69.9 Å². The van der Waals surface area contributed by atoms with Crippen molar-refractivity contribution < 1.29 is 9.47 Å². The number of fused-ring (bicyclic) bond motifs is 1. The molecule has 7 heteroatoms. The molecule has 146 valence electrons. The molecule has 0 bridgehead atoms. The van der Waals surface area contributed by atoms with Crippen molar-refractivity contribution >= 4 is 29.9 Å². The quantitative estimate of drug-likeness (QED) is 0.375. The summed E-state index contributed by atoms with van der Waals surface area (Å²) in [6.45, 7) is 4.76. The van der Waals surface area contributed by atoms with Gasteiger partial charge >= 0.3 is 0 Å². The van der Waals surface area contributed by atoms with Gasteiger partial charge in [-0.15, -0.1) is 24.0 Å². The van der Waals surface area contributed by atoms with E-state index in [0.29, 0.717) is 6.04 Å². The first-order valence-corrected chi connectivity index (χ1v) is 9.21. The van der Waals surface area contributed by atoms with Crippen LogP contribution in [0.1, 0.15) is 18.4 Å². The highest BCUT2D eigenvalue weighted by atomic mass is 127.